The number of rotatable bonds is 4. The predicted octanol–water partition coefficient (Wildman–Crippen LogP) is 3.36. The van der Waals surface area contributed by atoms with E-state index >= 15 is 0 Å². The van der Waals surface area contributed by atoms with Crippen molar-refractivity contribution in [2.24, 2.45) is 11.8 Å². The largest absolute Gasteiger partial charge is 0.378 e. The molecule has 0 bridgehead atoms. The van der Waals surface area contributed by atoms with Gasteiger partial charge in [0.15, 0.2) is 0 Å². The zero-order valence-corrected chi connectivity index (χ0v) is 16.7. The molecule has 6 rings (SSSR count). The molecule has 3 fully saturated rings. The molecule has 1 saturated carbocycles. The summed E-state index contributed by atoms with van der Waals surface area (Å²) in [5.74, 6) is 2.23. The van der Waals surface area contributed by atoms with Gasteiger partial charge in [-0.05, 0) is 50.3 Å². The Morgan fingerprint density at radius 1 is 1.18 bits per heavy atom. The molecule has 3 aromatic rings. The number of H-pyrrole nitrogens is 1. The molecule has 6 nitrogen and oxygen atoms in total. The lowest BCUT2D eigenvalue weighted by atomic mass is 10.1. The van der Waals surface area contributed by atoms with Gasteiger partial charge in [-0.2, -0.15) is 5.10 Å². The number of aromatic nitrogens is 4. The molecule has 1 aliphatic carbocycles. The van der Waals surface area contributed by atoms with Gasteiger partial charge in [-0.1, -0.05) is 0 Å². The van der Waals surface area contributed by atoms with Crippen molar-refractivity contribution in [1.82, 2.24) is 24.6 Å². The van der Waals surface area contributed by atoms with Crippen molar-refractivity contribution in [2.45, 2.75) is 38.8 Å². The molecular formula is C22H27N5O. The number of ether oxygens (including phenoxy) is 1. The molecule has 5 heterocycles. The van der Waals surface area contributed by atoms with Crippen LogP contribution in [0.25, 0.3) is 22.3 Å². The first kappa shape index (κ1) is 16.7. The van der Waals surface area contributed by atoms with Crippen LogP contribution < -0.4 is 0 Å². The first-order chi connectivity index (χ1) is 13.6. The van der Waals surface area contributed by atoms with E-state index in [0.717, 1.165) is 42.0 Å². The van der Waals surface area contributed by atoms with E-state index in [-0.39, 0.29) is 0 Å². The normalized spacial score (nSPS) is 27.5. The van der Waals surface area contributed by atoms with E-state index in [1.54, 1.807) is 0 Å². The maximum atomic E-state index is 5.38. The topological polar surface area (TPSA) is 59.0 Å². The second-order valence-corrected chi connectivity index (χ2v) is 9.08. The quantitative estimate of drug-likeness (QED) is 0.757. The number of nitrogens with one attached hydrogen (secondary N) is 1. The van der Waals surface area contributed by atoms with Crippen molar-refractivity contribution >= 4 is 11.0 Å². The van der Waals surface area contributed by atoms with Gasteiger partial charge in [0, 0.05) is 54.1 Å². The second kappa shape index (κ2) is 5.91. The molecule has 0 spiro atoms. The third-order valence-corrected chi connectivity index (χ3v) is 6.99. The highest BCUT2D eigenvalue weighted by Crippen LogP contribution is 2.59. The minimum Gasteiger partial charge on any atom is -0.378 e. The molecule has 3 aliphatic rings. The third-order valence-electron chi connectivity index (χ3n) is 6.99. The van der Waals surface area contributed by atoms with Crippen LogP contribution in [-0.2, 0) is 4.74 Å². The number of fused-ring (bicyclic) bond motifs is 2. The van der Waals surface area contributed by atoms with E-state index in [1.165, 1.54) is 29.7 Å². The Morgan fingerprint density at radius 2 is 1.96 bits per heavy atom. The van der Waals surface area contributed by atoms with Crippen molar-refractivity contribution in [3.05, 3.63) is 35.8 Å². The number of pyridine rings is 1. The number of nitrogens with zero attached hydrogens (tertiary/aromatic N) is 4. The van der Waals surface area contributed by atoms with Crippen molar-refractivity contribution < 1.29 is 4.74 Å². The number of aromatic amines is 1. The molecule has 0 aromatic carbocycles. The van der Waals surface area contributed by atoms with Gasteiger partial charge in [0.05, 0.1) is 24.9 Å². The lowest BCUT2D eigenvalue weighted by molar-refractivity contribution is -0.0610. The van der Waals surface area contributed by atoms with Gasteiger partial charge in [0.2, 0.25) is 0 Å². The van der Waals surface area contributed by atoms with E-state index < -0.39 is 0 Å². The number of likely N-dealkylation sites (tertiary alicyclic amines) is 1. The molecule has 1 N–H and O–H groups in total. The maximum absolute atomic E-state index is 5.38. The maximum Gasteiger partial charge on any atom is 0.137 e. The second-order valence-electron chi connectivity index (χ2n) is 9.08. The van der Waals surface area contributed by atoms with Crippen LogP contribution in [0.2, 0.25) is 0 Å². The summed E-state index contributed by atoms with van der Waals surface area (Å²) in [6.07, 6.45) is 3.96. The molecular weight excluding hydrogens is 350 g/mol. The van der Waals surface area contributed by atoms with Crippen molar-refractivity contribution in [2.75, 3.05) is 26.3 Å². The molecule has 0 radical (unpaired) electrons. The van der Waals surface area contributed by atoms with Crippen LogP contribution in [0.1, 0.15) is 37.1 Å². The van der Waals surface area contributed by atoms with Crippen LogP contribution in [0.3, 0.4) is 0 Å². The summed E-state index contributed by atoms with van der Waals surface area (Å²) >= 11 is 0. The first-order valence-corrected chi connectivity index (χ1v) is 10.5. The lowest BCUT2D eigenvalue weighted by Crippen LogP contribution is -2.48. The van der Waals surface area contributed by atoms with Crippen LogP contribution in [0.15, 0.2) is 24.5 Å². The Hall–Kier alpha value is -2.18. The Bertz CT molecular complexity index is 1030. The van der Waals surface area contributed by atoms with Crippen LogP contribution in [0, 0.1) is 18.8 Å². The minimum atomic E-state index is 0.367. The highest BCUT2D eigenvalue weighted by molar-refractivity contribution is 5.83. The Balaban J connectivity index is 1.31. The van der Waals surface area contributed by atoms with Gasteiger partial charge in [-0.25, -0.2) is 4.98 Å². The summed E-state index contributed by atoms with van der Waals surface area (Å²) < 4.78 is 7.63. The number of aryl methyl sites for hydroxylation is 1. The summed E-state index contributed by atoms with van der Waals surface area (Å²) in [4.78, 5) is 10.5. The molecule has 0 unspecified atom stereocenters. The summed E-state index contributed by atoms with van der Waals surface area (Å²) in [6, 6.07) is 5.58. The van der Waals surface area contributed by atoms with E-state index in [0.29, 0.717) is 18.0 Å². The van der Waals surface area contributed by atoms with Gasteiger partial charge in [-0.3, -0.25) is 9.58 Å². The van der Waals surface area contributed by atoms with E-state index in [1.807, 2.05) is 12.4 Å². The van der Waals surface area contributed by atoms with Gasteiger partial charge in [0.1, 0.15) is 5.65 Å². The minimum absolute atomic E-state index is 0.367. The number of hydrogen-bond acceptors (Lipinski definition) is 4. The molecule has 2 saturated heterocycles. The van der Waals surface area contributed by atoms with Crippen molar-refractivity contribution in [3.8, 4) is 11.3 Å². The Kier molecular flexibility index (Phi) is 3.53. The van der Waals surface area contributed by atoms with E-state index in [9.17, 15) is 0 Å². The zero-order chi connectivity index (χ0) is 19.0. The fraction of sp³-hybridized carbons (Fsp3) is 0.545. The summed E-state index contributed by atoms with van der Waals surface area (Å²) in [5.41, 5.74) is 5.74. The van der Waals surface area contributed by atoms with Crippen LogP contribution in [-0.4, -0.2) is 57.0 Å². The highest BCUT2D eigenvalue weighted by atomic mass is 16.5. The van der Waals surface area contributed by atoms with Crippen molar-refractivity contribution in [1.29, 1.82) is 0 Å². The van der Waals surface area contributed by atoms with Gasteiger partial charge in [0.25, 0.3) is 0 Å². The average molecular weight is 377 g/mol. The molecule has 146 valence electrons. The molecule has 0 amide bonds. The van der Waals surface area contributed by atoms with Gasteiger partial charge >= 0.3 is 0 Å². The van der Waals surface area contributed by atoms with E-state index in [2.05, 4.69) is 52.5 Å². The zero-order valence-electron chi connectivity index (χ0n) is 16.7. The highest BCUT2D eigenvalue weighted by Gasteiger charge is 2.58. The van der Waals surface area contributed by atoms with Crippen LogP contribution >= 0.6 is 0 Å². The number of piperidine rings is 1. The predicted molar refractivity (Wildman–Crippen MR) is 108 cm³/mol. The summed E-state index contributed by atoms with van der Waals surface area (Å²) in [7, 11) is 0. The van der Waals surface area contributed by atoms with Crippen molar-refractivity contribution in [3.63, 3.8) is 0 Å². The van der Waals surface area contributed by atoms with Crippen LogP contribution in [0.5, 0.6) is 0 Å². The summed E-state index contributed by atoms with van der Waals surface area (Å²) in [5, 5.41) is 6.18. The molecule has 2 aliphatic heterocycles. The fourth-order valence-corrected chi connectivity index (χ4v) is 5.22. The van der Waals surface area contributed by atoms with Gasteiger partial charge < -0.3 is 9.72 Å². The molecule has 3 atom stereocenters. The number of hydrogen-bond donors (Lipinski definition) is 1. The molecule has 6 heteroatoms. The monoisotopic (exact) mass is 377 g/mol. The summed E-state index contributed by atoms with van der Waals surface area (Å²) in [6.45, 7) is 10.9. The average Bonchev–Trinajstić information content (AvgIpc) is 3.05. The third kappa shape index (κ3) is 2.40. The smallest absolute Gasteiger partial charge is 0.137 e. The first-order valence-electron chi connectivity index (χ1n) is 10.5. The molecule has 3 aromatic heterocycles. The fourth-order valence-electron chi connectivity index (χ4n) is 5.22. The lowest BCUT2D eigenvalue weighted by Gasteiger charge is -2.35. The molecule has 28 heavy (non-hydrogen) atoms. The van der Waals surface area contributed by atoms with E-state index in [4.69, 9.17) is 9.84 Å². The van der Waals surface area contributed by atoms with Crippen LogP contribution in [0.4, 0.5) is 0 Å². The SMILES string of the molecule is Cc1c[nH]c2ncc(-c3cc([C@H]4[C@@H]5CN(C6COC6)C[C@@H]54)n(C(C)C)n3)cc12. The Morgan fingerprint density at radius 3 is 2.64 bits per heavy atom. The van der Waals surface area contributed by atoms with Gasteiger partial charge in [-0.15, -0.1) is 0 Å². The standard InChI is InChI=1S/C22H27N5O/c1-12(2)27-20(21-17-8-26(9-18(17)21)15-10-28-11-15)5-19(25-27)14-4-16-13(3)6-23-22(16)24-7-14/h4-7,12,15,17-18,21H,8-11H2,1-3H3,(H,23,24)/t17-,18+,21+. The Labute approximate surface area is 164 Å².